The van der Waals surface area contributed by atoms with Gasteiger partial charge in [-0.1, -0.05) is 23.7 Å². The van der Waals surface area contributed by atoms with E-state index in [4.69, 9.17) is 30.6 Å². The van der Waals surface area contributed by atoms with Gasteiger partial charge in [0.1, 0.15) is 11.5 Å². The number of carbonyl (C=O) groups is 1. The van der Waals surface area contributed by atoms with E-state index in [0.717, 1.165) is 28.3 Å². The molecule has 2 aromatic heterocycles. The van der Waals surface area contributed by atoms with Crippen molar-refractivity contribution >= 4 is 17.6 Å². The topological polar surface area (TPSA) is 69.7 Å². The van der Waals surface area contributed by atoms with Crippen molar-refractivity contribution in [3.63, 3.8) is 0 Å². The Hall–Kier alpha value is -3.55. The lowest BCUT2D eigenvalue weighted by Crippen LogP contribution is -2.39. The van der Waals surface area contributed by atoms with Crippen LogP contribution in [0.5, 0.6) is 5.75 Å². The first-order valence-electron chi connectivity index (χ1n) is 12.2. The number of aryl methyl sites for hydroxylation is 1. The van der Waals surface area contributed by atoms with Gasteiger partial charge in [-0.3, -0.25) is 4.90 Å². The van der Waals surface area contributed by atoms with Crippen LogP contribution in [0.25, 0.3) is 5.69 Å². The molecule has 0 spiro atoms. The molecule has 0 aliphatic carbocycles. The molecule has 194 valence electrons. The quantitative estimate of drug-likeness (QED) is 0.214. The lowest BCUT2D eigenvalue weighted by molar-refractivity contribution is -0.158. The van der Waals surface area contributed by atoms with Crippen LogP contribution >= 0.6 is 11.6 Å². The summed E-state index contributed by atoms with van der Waals surface area (Å²) >= 11 is 6.04. The number of benzene rings is 2. The molecule has 0 saturated carbocycles. The molecule has 0 atom stereocenters. The molecule has 0 amide bonds. The van der Waals surface area contributed by atoms with E-state index in [0.29, 0.717) is 37.0 Å². The van der Waals surface area contributed by atoms with Crippen LogP contribution in [-0.2, 0) is 29.2 Å². The maximum absolute atomic E-state index is 12.2. The number of ether oxygens (including phenoxy) is 2. The minimum Gasteiger partial charge on any atom is -0.476 e. The van der Waals surface area contributed by atoms with E-state index >= 15 is 0 Å². The van der Waals surface area contributed by atoms with Gasteiger partial charge < -0.3 is 13.9 Å². The third-order valence-electron chi connectivity index (χ3n) is 5.91. The van der Waals surface area contributed by atoms with Crippen molar-refractivity contribution in [3.8, 4) is 11.4 Å². The Kier molecular flexibility index (Phi) is 8.36. The van der Waals surface area contributed by atoms with E-state index in [-0.39, 0.29) is 0 Å². The molecule has 2 aromatic carbocycles. The fraction of sp³-hybridized carbons (Fsp3) is 0.310. The second kappa shape index (κ2) is 11.7. The number of hydrogen-bond donors (Lipinski definition) is 0. The highest BCUT2D eigenvalue weighted by atomic mass is 35.5. The number of furan rings is 1. The van der Waals surface area contributed by atoms with Gasteiger partial charge in [0.25, 0.3) is 0 Å². The lowest BCUT2D eigenvalue weighted by atomic mass is 10.1. The van der Waals surface area contributed by atoms with Crippen LogP contribution in [0.1, 0.15) is 43.4 Å². The van der Waals surface area contributed by atoms with Crippen LogP contribution in [0.15, 0.2) is 77.5 Å². The van der Waals surface area contributed by atoms with E-state index in [1.165, 1.54) is 0 Å². The van der Waals surface area contributed by atoms with Crippen LogP contribution in [0, 0.1) is 6.92 Å². The number of halogens is 1. The van der Waals surface area contributed by atoms with Crippen LogP contribution in [0.3, 0.4) is 0 Å². The summed E-state index contributed by atoms with van der Waals surface area (Å²) in [7, 11) is 0. The first kappa shape index (κ1) is 26.5. The maximum Gasteiger partial charge on any atom is 0.349 e. The van der Waals surface area contributed by atoms with E-state index in [9.17, 15) is 4.79 Å². The molecule has 0 fully saturated rings. The van der Waals surface area contributed by atoms with Crippen molar-refractivity contribution in [1.29, 1.82) is 0 Å². The summed E-state index contributed by atoms with van der Waals surface area (Å²) in [6.07, 6.45) is 3.75. The third kappa shape index (κ3) is 7.02. The van der Waals surface area contributed by atoms with Gasteiger partial charge in [-0.2, -0.15) is 5.10 Å². The van der Waals surface area contributed by atoms with Crippen molar-refractivity contribution < 1.29 is 18.7 Å². The Morgan fingerprint density at radius 2 is 1.78 bits per heavy atom. The van der Waals surface area contributed by atoms with Crippen LogP contribution in [0.2, 0.25) is 5.02 Å². The largest absolute Gasteiger partial charge is 0.476 e. The summed E-state index contributed by atoms with van der Waals surface area (Å²) in [5, 5.41) is 5.40. The fourth-order valence-corrected chi connectivity index (χ4v) is 4.10. The molecule has 4 rings (SSSR count). The van der Waals surface area contributed by atoms with Crippen LogP contribution in [0.4, 0.5) is 0 Å². The number of carbonyl (C=O) groups excluding carboxylic acids is 1. The normalized spacial score (nSPS) is 11.6. The van der Waals surface area contributed by atoms with Crippen LogP contribution in [-0.4, -0.2) is 32.9 Å². The maximum atomic E-state index is 12.2. The summed E-state index contributed by atoms with van der Waals surface area (Å²) in [4.78, 5) is 14.5. The number of rotatable bonds is 11. The zero-order chi connectivity index (χ0) is 26.4. The average molecular weight is 522 g/mol. The van der Waals surface area contributed by atoms with E-state index in [2.05, 4.69) is 11.1 Å². The molecule has 0 saturated heterocycles. The Morgan fingerprint density at radius 1 is 1.05 bits per heavy atom. The predicted octanol–water partition coefficient (Wildman–Crippen LogP) is 6.35. The van der Waals surface area contributed by atoms with Gasteiger partial charge in [-0.05, 0) is 81.8 Å². The number of aromatic nitrogens is 2. The number of esters is 1. The summed E-state index contributed by atoms with van der Waals surface area (Å²) in [6.45, 7) is 9.54. The zero-order valence-corrected chi connectivity index (χ0v) is 22.4. The van der Waals surface area contributed by atoms with Crippen molar-refractivity contribution in [1.82, 2.24) is 14.7 Å². The van der Waals surface area contributed by atoms with Gasteiger partial charge in [0, 0.05) is 29.9 Å². The SMILES string of the molecule is CCOC(=O)C(C)(C)Oc1ccc(CN(Cc2ccco2)Cc2cn(-c3ccc(Cl)cc3)nc2C)cc1. The molecule has 0 unspecified atom stereocenters. The highest BCUT2D eigenvalue weighted by Crippen LogP contribution is 2.23. The van der Waals surface area contributed by atoms with Gasteiger partial charge in [0.15, 0.2) is 5.60 Å². The van der Waals surface area contributed by atoms with Gasteiger partial charge in [-0.25, -0.2) is 9.48 Å². The molecule has 0 radical (unpaired) electrons. The Bertz CT molecular complexity index is 1300. The molecule has 4 aromatic rings. The Morgan fingerprint density at radius 3 is 2.43 bits per heavy atom. The predicted molar refractivity (Wildman–Crippen MR) is 143 cm³/mol. The summed E-state index contributed by atoms with van der Waals surface area (Å²) in [5.74, 6) is 1.11. The molecule has 0 N–H and O–H groups in total. The average Bonchev–Trinajstić information content (AvgIpc) is 3.50. The molecule has 8 heteroatoms. The summed E-state index contributed by atoms with van der Waals surface area (Å²) in [6, 6.07) is 19.3. The zero-order valence-electron chi connectivity index (χ0n) is 21.6. The van der Waals surface area contributed by atoms with E-state index in [1.807, 2.05) is 72.3 Å². The molecule has 37 heavy (non-hydrogen) atoms. The molecule has 0 bridgehead atoms. The van der Waals surface area contributed by atoms with Gasteiger partial charge >= 0.3 is 5.97 Å². The van der Waals surface area contributed by atoms with Gasteiger partial charge in [0.05, 0.1) is 30.8 Å². The van der Waals surface area contributed by atoms with Gasteiger partial charge in [-0.15, -0.1) is 0 Å². The molecular formula is C29H32ClN3O4. The van der Waals surface area contributed by atoms with Crippen molar-refractivity contribution in [2.45, 2.75) is 52.9 Å². The second-order valence-corrected chi connectivity index (χ2v) is 9.80. The van der Waals surface area contributed by atoms with Crippen molar-refractivity contribution in [3.05, 3.63) is 101 Å². The molecule has 7 nitrogen and oxygen atoms in total. The Labute approximate surface area is 222 Å². The van der Waals surface area contributed by atoms with E-state index < -0.39 is 11.6 Å². The lowest BCUT2D eigenvalue weighted by Gasteiger charge is -2.24. The first-order valence-corrected chi connectivity index (χ1v) is 12.6. The molecular weight excluding hydrogens is 490 g/mol. The van der Waals surface area contributed by atoms with Crippen molar-refractivity contribution in [2.24, 2.45) is 0 Å². The smallest absolute Gasteiger partial charge is 0.349 e. The van der Waals surface area contributed by atoms with Crippen LogP contribution < -0.4 is 4.74 Å². The molecule has 2 heterocycles. The first-order chi connectivity index (χ1) is 17.7. The van der Waals surface area contributed by atoms with Crippen molar-refractivity contribution in [2.75, 3.05) is 6.61 Å². The standard InChI is InChI=1S/C29H32ClN3O4/c1-5-35-28(34)29(3,4)37-26-14-8-22(9-15-26)17-32(20-27-7-6-16-36-27)18-23-19-33(31-21(23)2)25-12-10-24(30)11-13-25/h6-16,19H,5,17-18,20H2,1-4H3. The fourth-order valence-electron chi connectivity index (χ4n) is 3.97. The Balaban J connectivity index is 1.49. The third-order valence-corrected chi connectivity index (χ3v) is 6.17. The van der Waals surface area contributed by atoms with E-state index in [1.54, 1.807) is 27.0 Å². The summed E-state index contributed by atoms with van der Waals surface area (Å²) in [5.41, 5.74) is 3.08. The van der Waals surface area contributed by atoms with Gasteiger partial charge in [0.2, 0.25) is 0 Å². The highest BCUT2D eigenvalue weighted by molar-refractivity contribution is 6.30. The molecule has 0 aliphatic heterocycles. The molecule has 0 aliphatic rings. The number of nitrogens with zero attached hydrogens (tertiary/aromatic N) is 3. The second-order valence-electron chi connectivity index (χ2n) is 9.36. The monoisotopic (exact) mass is 521 g/mol. The highest BCUT2D eigenvalue weighted by Gasteiger charge is 2.31. The minimum absolute atomic E-state index is 0.314. The number of hydrogen-bond acceptors (Lipinski definition) is 6. The summed E-state index contributed by atoms with van der Waals surface area (Å²) < 4.78 is 18.5. The minimum atomic E-state index is -1.06.